The zero-order valence-electron chi connectivity index (χ0n) is 13.6. The predicted octanol–water partition coefficient (Wildman–Crippen LogP) is 3.09. The molecule has 0 saturated heterocycles. The van der Waals surface area contributed by atoms with Gasteiger partial charge in [-0.2, -0.15) is 0 Å². The minimum absolute atomic E-state index is 0. The molecule has 0 radical (unpaired) electrons. The first-order valence-corrected chi connectivity index (χ1v) is 7.93. The van der Waals surface area contributed by atoms with Gasteiger partial charge in [-0.15, -0.1) is 24.0 Å². The monoisotopic (exact) mass is 417 g/mol. The summed E-state index contributed by atoms with van der Waals surface area (Å²) in [4.78, 5) is 4.61. The summed E-state index contributed by atoms with van der Waals surface area (Å²) in [5.41, 5.74) is 2.51. The van der Waals surface area contributed by atoms with E-state index in [4.69, 9.17) is 4.74 Å². The molecule has 0 atom stereocenters. The Balaban J connectivity index is 0.00000242. The van der Waals surface area contributed by atoms with E-state index in [1.165, 1.54) is 24.0 Å². The Morgan fingerprint density at radius 3 is 2.82 bits per heavy atom. The van der Waals surface area contributed by atoms with Crippen LogP contribution in [-0.2, 0) is 11.3 Å². The maximum Gasteiger partial charge on any atom is 0.191 e. The molecule has 2 N–H and O–H groups in total. The van der Waals surface area contributed by atoms with E-state index in [1.807, 2.05) is 0 Å². The molecule has 4 nitrogen and oxygen atoms in total. The van der Waals surface area contributed by atoms with Gasteiger partial charge in [0.25, 0.3) is 0 Å². The van der Waals surface area contributed by atoms with E-state index in [0.29, 0.717) is 6.54 Å². The van der Waals surface area contributed by atoms with Crippen LogP contribution in [0.5, 0.6) is 0 Å². The van der Waals surface area contributed by atoms with Crippen molar-refractivity contribution < 1.29 is 4.74 Å². The van der Waals surface area contributed by atoms with E-state index in [2.05, 4.69) is 53.7 Å². The molecule has 1 saturated carbocycles. The van der Waals surface area contributed by atoms with Crippen molar-refractivity contribution in [2.75, 3.05) is 26.3 Å². The van der Waals surface area contributed by atoms with E-state index in [1.54, 1.807) is 0 Å². The molecule has 22 heavy (non-hydrogen) atoms. The zero-order valence-corrected chi connectivity index (χ0v) is 15.9. The van der Waals surface area contributed by atoms with E-state index < -0.39 is 0 Å². The van der Waals surface area contributed by atoms with Gasteiger partial charge in [0.2, 0.25) is 0 Å². The first-order valence-electron chi connectivity index (χ1n) is 7.93. The van der Waals surface area contributed by atoms with Gasteiger partial charge in [0.1, 0.15) is 0 Å². The molecule has 0 spiro atoms. The fraction of sp³-hybridized carbons (Fsp3) is 0.588. The molecule has 0 amide bonds. The Kier molecular flexibility index (Phi) is 9.47. The fourth-order valence-electron chi connectivity index (χ4n) is 2.10. The van der Waals surface area contributed by atoms with E-state index in [0.717, 1.165) is 38.2 Å². The number of hydrogen-bond acceptors (Lipinski definition) is 2. The topological polar surface area (TPSA) is 45.7 Å². The third kappa shape index (κ3) is 7.98. The molecule has 1 aliphatic rings. The summed E-state index contributed by atoms with van der Waals surface area (Å²) in [5.74, 6) is 1.68. The number of aryl methyl sites for hydroxylation is 1. The summed E-state index contributed by atoms with van der Waals surface area (Å²) in [6.07, 6.45) is 2.68. The number of nitrogens with zero attached hydrogens (tertiary/aromatic N) is 1. The van der Waals surface area contributed by atoms with Crippen LogP contribution >= 0.6 is 24.0 Å². The molecule has 1 fully saturated rings. The summed E-state index contributed by atoms with van der Waals surface area (Å²) in [6, 6.07) is 8.46. The van der Waals surface area contributed by atoms with Crippen molar-refractivity contribution in [1.29, 1.82) is 0 Å². The van der Waals surface area contributed by atoms with Gasteiger partial charge >= 0.3 is 0 Å². The highest BCUT2D eigenvalue weighted by Gasteiger charge is 2.20. The molecule has 2 rings (SSSR count). The summed E-state index contributed by atoms with van der Waals surface area (Å²) in [6.45, 7) is 8.19. The molecule has 0 unspecified atom stereocenters. The third-order valence-corrected chi connectivity index (χ3v) is 3.44. The van der Waals surface area contributed by atoms with Crippen LogP contribution in [0.3, 0.4) is 0 Å². The van der Waals surface area contributed by atoms with Crippen molar-refractivity contribution in [2.45, 2.75) is 33.2 Å². The molecule has 5 heteroatoms. The smallest absolute Gasteiger partial charge is 0.191 e. The van der Waals surface area contributed by atoms with E-state index in [-0.39, 0.29) is 24.0 Å². The Morgan fingerprint density at radius 1 is 1.32 bits per heavy atom. The van der Waals surface area contributed by atoms with Crippen LogP contribution in [0.4, 0.5) is 0 Å². The Labute approximate surface area is 151 Å². The Hall–Kier alpha value is -0.820. The van der Waals surface area contributed by atoms with Crippen molar-refractivity contribution in [3.63, 3.8) is 0 Å². The number of nitrogens with one attached hydrogen (secondary N) is 2. The van der Waals surface area contributed by atoms with Crippen LogP contribution < -0.4 is 10.6 Å². The molecule has 0 aliphatic heterocycles. The highest BCUT2D eigenvalue weighted by molar-refractivity contribution is 14.0. The molecule has 1 aromatic rings. The first-order chi connectivity index (χ1) is 10.3. The molecule has 1 aromatic carbocycles. The SMILES string of the molecule is CCNC(=NCc1cccc(C)c1)NCCOCC1CC1.I. The van der Waals surface area contributed by atoms with Crippen LogP contribution in [0, 0.1) is 12.8 Å². The van der Waals surface area contributed by atoms with Crippen LogP contribution in [0.25, 0.3) is 0 Å². The van der Waals surface area contributed by atoms with E-state index >= 15 is 0 Å². The lowest BCUT2D eigenvalue weighted by Gasteiger charge is -2.11. The number of guanidine groups is 1. The molecule has 0 aromatic heterocycles. The minimum Gasteiger partial charge on any atom is -0.379 e. The number of halogens is 1. The Morgan fingerprint density at radius 2 is 2.14 bits per heavy atom. The number of hydrogen-bond donors (Lipinski definition) is 2. The lowest BCUT2D eigenvalue weighted by atomic mass is 10.1. The quantitative estimate of drug-likeness (QED) is 0.296. The second-order valence-corrected chi connectivity index (χ2v) is 5.63. The van der Waals surface area contributed by atoms with Crippen molar-refractivity contribution in [1.82, 2.24) is 10.6 Å². The largest absolute Gasteiger partial charge is 0.379 e. The second-order valence-electron chi connectivity index (χ2n) is 5.63. The molecule has 124 valence electrons. The molecule has 1 aliphatic carbocycles. The number of aliphatic imine (C=N–C) groups is 1. The maximum atomic E-state index is 5.62. The van der Waals surface area contributed by atoms with Gasteiger partial charge in [-0.25, -0.2) is 4.99 Å². The van der Waals surface area contributed by atoms with Crippen LogP contribution in [0.1, 0.15) is 30.9 Å². The predicted molar refractivity (Wildman–Crippen MR) is 103 cm³/mol. The molecule has 0 heterocycles. The summed E-state index contributed by atoms with van der Waals surface area (Å²) in [7, 11) is 0. The number of rotatable bonds is 8. The normalized spacial score (nSPS) is 14.4. The lowest BCUT2D eigenvalue weighted by Crippen LogP contribution is -2.39. The Bertz CT molecular complexity index is 461. The first kappa shape index (κ1) is 19.2. The van der Waals surface area contributed by atoms with Crippen molar-refractivity contribution in [3.05, 3.63) is 35.4 Å². The van der Waals surface area contributed by atoms with Gasteiger partial charge < -0.3 is 15.4 Å². The minimum atomic E-state index is 0. The molecular formula is C17H28IN3O. The highest BCUT2D eigenvalue weighted by atomic mass is 127. The summed E-state index contributed by atoms with van der Waals surface area (Å²) >= 11 is 0. The van der Waals surface area contributed by atoms with Gasteiger partial charge in [-0.3, -0.25) is 0 Å². The van der Waals surface area contributed by atoms with Gasteiger partial charge in [-0.1, -0.05) is 29.8 Å². The fourth-order valence-corrected chi connectivity index (χ4v) is 2.10. The van der Waals surface area contributed by atoms with Crippen molar-refractivity contribution in [3.8, 4) is 0 Å². The van der Waals surface area contributed by atoms with Crippen molar-refractivity contribution >= 4 is 29.9 Å². The summed E-state index contributed by atoms with van der Waals surface area (Å²) in [5, 5.41) is 6.58. The van der Waals surface area contributed by atoms with Crippen LogP contribution in [0.15, 0.2) is 29.3 Å². The van der Waals surface area contributed by atoms with Crippen molar-refractivity contribution in [2.24, 2.45) is 10.9 Å². The lowest BCUT2D eigenvalue weighted by molar-refractivity contribution is 0.129. The average molecular weight is 417 g/mol. The third-order valence-electron chi connectivity index (χ3n) is 3.44. The molecule has 0 bridgehead atoms. The van der Waals surface area contributed by atoms with E-state index in [9.17, 15) is 0 Å². The number of ether oxygens (including phenoxy) is 1. The summed E-state index contributed by atoms with van der Waals surface area (Å²) < 4.78 is 5.62. The molecular weight excluding hydrogens is 389 g/mol. The van der Waals surface area contributed by atoms with Gasteiger partial charge in [-0.05, 0) is 38.2 Å². The number of benzene rings is 1. The average Bonchev–Trinajstić information content (AvgIpc) is 3.28. The van der Waals surface area contributed by atoms with Gasteiger partial charge in [0.05, 0.1) is 13.2 Å². The maximum absolute atomic E-state index is 5.62. The van der Waals surface area contributed by atoms with Crippen LogP contribution in [-0.4, -0.2) is 32.3 Å². The van der Waals surface area contributed by atoms with Gasteiger partial charge in [0.15, 0.2) is 5.96 Å². The zero-order chi connectivity index (χ0) is 14.9. The van der Waals surface area contributed by atoms with Gasteiger partial charge in [0, 0.05) is 19.7 Å². The van der Waals surface area contributed by atoms with Crippen LogP contribution in [0.2, 0.25) is 0 Å². The second kappa shape index (κ2) is 10.8. The highest BCUT2D eigenvalue weighted by Crippen LogP contribution is 2.28. The standard InChI is InChI=1S/C17H27N3O.HI/c1-3-18-17(19-9-10-21-13-15-7-8-15)20-12-16-6-4-5-14(2)11-16;/h4-6,11,15H,3,7-10,12-13H2,1-2H3,(H2,18,19,20);1H.